The highest BCUT2D eigenvalue weighted by atomic mass is 35.5. The molecule has 1 aromatic carbocycles. The smallest absolute Gasteiger partial charge is 0.200 e. The van der Waals surface area contributed by atoms with Crippen molar-refractivity contribution in [2.45, 2.75) is 0 Å². The molecular weight excluding hydrogens is 241 g/mol. The first-order chi connectivity index (χ1) is 6.68. The van der Waals surface area contributed by atoms with Gasteiger partial charge in [0.2, 0.25) is 0 Å². The summed E-state index contributed by atoms with van der Waals surface area (Å²) in [5, 5.41) is 1.45. The van der Waals surface area contributed by atoms with Crippen molar-refractivity contribution in [1.82, 2.24) is 9.36 Å². The average molecular weight is 246 g/mol. The minimum atomic E-state index is 0.399. The van der Waals surface area contributed by atoms with Gasteiger partial charge in [0.15, 0.2) is 11.0 Å². The summed E-state index contributed by atoms with van der Waals surface area (Å²) < 4.78 is 4.04. The molecule has 0 aliphatic carbocycles. The van der Waals surface area contributed by atoms with Gasteiger partial charge < -0.3 is 5.73 Å². The van der Waals surface area contributed by atoms with E-state index in [1.54, 1.807) is 18.2 Å². The molecule has 2 N–H and O–H groups in total. The maximum atomic E-state index is 5.97. The average Bonchev–Trinajstić information content (AvgIpc) is 2.51. The van der Waals surface area contributed by atoms with E-state index in [9.17, 15) is 0 Å². The molecule has 1 aromatic heterocycles. The highest BCUT2D eigenvalue weighted by Crippen LogP contribution is 2.33. The third-order valence-corrected chi connectivity index (χ3v) is 2.80. The van der Waals surface area contributed by atoms with E-state index in [1.165, 1.54) is 0 Å². The van der Waals surface area contributed by atoms with Crippen molar-refractivity contribution in [3.05, 3.63) is 28.2 Å². The summed E-state index contributed by atoms with van der Waals surface area (Å²) in [7, 11) is 0. The van der Waals surface area contributed by atoms with Gasteiger partial charge in [-0.05, 0) is 12.1 Å². The molecule has 14 heavy (non-hydrogen) atoms. The lowest BCUT2D eigenvalue weighted by Gasteiger charge is -2.00. The number of rotatable bonds is 1. The zero-order valence-corrected chi connectivity index (χ0v) is 9.20. The Morgan fingerprint density at radius 3 is 2.36 bits per heavy atom. The second kappa shape index (κ2) is 3.73. The Hall–Kier alpha value is -0.840. The number of anilines is 1. The molecule has 0 bridgehead atoms. The molecule has 0 unspecified atom stereocenters. The molecule has 0 aliphatic rings. The van der Waals surface area contributed by atoms with Crippen LogP contribution in [0.3, 0.4) is 0 Å². The fourth-order valence-corrected chi connectivity index (χ4v) is 2.05. The van der Waals surface area contributed by atoms with Crippen LogP contribution in [0.25, 0.3) is 11.4 Å². The fourth-order valence-electron chi connectivity index (χ4n) is 1.05. The van der Waals surface area contributed by atoms with Gasteiger partial charge in [0.1, 0.15) is 0 Å². The van der Waals surface area contributed by atoms with Crippen molar-refractivity contribution >= 4 is 39.9 Å². The molecule has 1 heterocycles. The molecule has 3 nitrogen and oxygen atoms in total. The zero-order valence-electron chi connectivity index (χ0n) is 6.87. The SMILES string of the molecule is Nc1nc(-c2c(Cl)cccc2Cl)ns1. The first kappa shape index (κ1) is 9.71. The van der Waals surface area contributed by atoms with Crippen molar-refractivity contribution in [2.75, 3.05) is 5.73 Å². The largest absolute Gasteiger partial charge is 0.374 e. The normalized spacial score (nSPS) is 10.4. The highest BCUT2D eigenvalue weighted by Gasteiger charge is 2.12. The van der Waals surface area contributed by atoms with Crippen LogP contribution >= 0.6 is 34.7 Å². The van der Waals surface area contributed by atoms with Crippen molar-refractivity contribution in [2.24, 2.45) is 0 Å². The molecular formula is C8H5Cl2N3S. The molecule has 0 saturated carbocycles. The van der Waals surface area contributed by atoms with Crippen LogP contribution in [0.1, 0.15) is 0 Å². The second-order valence-electron chi connectivity index (χ2n) is 2.55. The molecule has 0 fully saturated rings. The van der Waals surface area contributed by atoms with E-state index in [-0.39, 0.29) is 0 Å². The van der Waals surface area contributed by atoms with Gasteiger partial charge in [-0.25, -0.2) is 0 Å². The Labute approximate surface area is 94.7 Å². The molecule has 72 valence electrons. The number of halogens is 2. The molecule has 0 spiro atoms. The maximum Gasteiger partial charge on any atom is 0.200 e. The van der Waals surface area contributed by atoms with E-state index in [2.05, 4.69) is 9.36 Å². The standard InChI is InChI=1S/C8H5Cl2N3S/c9-4-2-1-3-5(10)6(4)7-12-8(11)14-13-7/h1-3H,(H2,11,12,13). The zero-order chi connectivity index (χ0) is 10.1. The lowest BCUT2D eigenvalue weighted by molar-refractivity contribution is 1.33. The lowest BCUT2D eigenvalue weighted by Crippen LogP contribution is -1.85. The van der Waals surface area contributed by atoms with Gasteiger partial charge in [0.25, 0.3) is 0 Å². The topological polar surface area (TPSA) is 51.8 Å². The minimum Gasteiger partial charge on any atom is -0.374 e. The van der Waals surface area contributed by atoms with Gasteiger partial charge in [-0.3, -0.25) is 0 Å². The Morgan fingerprint density at radius 2 is 1.86 bits per heavy atom. The predicted molar refractivity (Wildman–Crippen MR) is 59.8 cm³/mol. The summed E-state index contributed by atoms with van der Waals surface area (Å²) in [5.41, 5.74) is 6.10. The van der Waals surface area contributed by atoms with Gasteiger partial charge >= 0.3 is 0 Å². The van der Waals surface area contributed by atoms with Crippen LogP contribution in [0.15, 0.2) is 18.2 Å². The molecule has 2 rings (SSSR count). The third kappa shape index (κ3) is 1.68. The van der Waals surface area contributed by atoms with Crippen LogP contribution in [0.4, 0.5) is 5.13 Å². The Bertz CT molecular complexity index is 449. The van der Waals surface area contributed by atoms with Gasteiger partial charge in [-0.2, -0.15) is 9.36 Å². The van der Waals surface area contributed by atoms with E-state index in [0.717, 1.165) is 11.5 Å². The van der Waals surface area contributed by atoms with Crippen LogP contribution in [0.2, 0.25) is 10.0 Å². The number of hydrogen-bond donors (Lipinski definition) is 1. The van der Waals surface area contributed by atoms with Gasteiger partial charge in [0.05, 0.1) is 15.6 Å². The van der Waals surface area contributed by atoms with Gasteiger partial charge in [0, 0.05) is 11.5 Å². The number of nitrogens with zero attached hydrogens (tertiary/aromatic N) is 2. The van der Waals surface area contributed by atoms with E-state index in [4.69, 9.17) is 28.9 Å². The highest BCUT2D eigenvalue weighted by molar-refractivity contribution is 7.09. The minimum absolute atomic E-state index is 0.399. The Morgan fingerprint density at radius 1 is 1.21 bits per heavy atom. The Balaban J connectivity index is 2.61. The molecule has 0 atom stereocenters. The summed E-state index contributed by atoms with van der Waals surface area (Å²) in [6.07, 6.45) is 0. The van der Waals surface area contributed by atoms with Gasteiger partial charge in [-0.15, -0.1) is 0 Å². The summed E-state index contributed by atoms with van der Waals surface area (Å²) >= 11 is 13.1. The van der Waals surface area contributed by atoms with Crippen LogP contribution in [0.5, 0.6) is 0 Å². The fraction of sp³-hybridized carbons (Fsp3) is 0. The quantitative estimate of drug-likeness (QED) is 0.841. The number of nitrogen functional groups attached to an aromatic ring is 1. The summed E-state index contributed by atoms with van der Waals surface area (Å²) in [6.45, 7) is 0. The molecule has 0 aliphatic heterocycles. The van der Waals surface area contributed by atoms with Crippen LogP contribution in [-0.4, -0.2) is 9.36 Å². The number of aromatic nitrogens is 2. The summed E-state index contributed by atoms with van der Waals surface area (Å²) in [5.74, 6) is 0.475. The Kier molecular flexibility index (Phi) is 2.58. The van der Waals surface area contributed by atoms with Gasteiger partial charge in [-0.1, -0.05) is 29.3 Å². The van der Waals surface area contributed by atoms with Crippen molar-refractivity contribution < 1.29 is 0 Å². The molecule has 6 heteroatoms. The summed E-state index contributed by atoms with van der Waals surface area (Å²) in [4.78, 5) is 4.02. The van der Waals surface area contributed by atoms with E-state index >= 15 is 0 Å². The molecule has 0 amide bonds. The van der Waals surface area contributed by atoms with Crippen LogP contribution < -0.4 is 5.73 Å². The molecule has 0 saturated heterocycles. The summed E-state index contributed by atoms with van der Waals surface area (Å²) in [6, 6.07) is 5.24. The van der Waals surface area contributed by atoms with Crippen molar-refractivity contribution in [1.29, 1.82) is 0 Å². The van der Waals surface area contributed by atoms with Crippen molar-refractivity contribution in [3.8, 4) is 11.4 Å². The number of hydrogen-bond acceptors (Lipinski definition) is 4. The van der Waals surface area contributed by atoms with E-state index in [1.807, 2.05) is 0 Å². The maximum absolute atomic E-state index is 5.97. The van der Waals surface area contributed by atoms with Crippen molar-refractivity contribution in [3.63, 3.8) is 0 Å². The van der Waals surface area contributed by atoms with E-state index < -0.39 is 0 Å². The lowest BCUT2D eigenvalue weighted by atomic mass is 10.2. The molecule has 2 aromatic rings. The third-order valence-electron chi connectivity index (χ3n) is 1.63. The predicted octanol–water partition coefficient (Wildman–Crippen LogP) is 3.09. The number of benzene rings is 1. The van der Waals surface area contributed by atoms with E-state index in [0.29, 0.717) is 26.6 Å². The first-order valence-electron chi connectivity index (χ1n) is 3.72. The monoisotopic (exact) mass is 245 g/mol. The molecule has 0 radical (unpaired) electrons. The number of nitrogens with two attached hydrogens (primary N) is 1. The first-order valence-corrected chi connectivity index (χ1v) is 5.25. The second-order valence-corrected chi connectivity index (χ2v) is 4.15. The van der Waals surface area contributed by atoms with Crippen LogP contribution in [-0.2, 0) is 0 Å². The van der Waals surface area contributed by atoms with Crippen LogP contribution in [0, 0.1) is 0 Å².